The molecule has 6 rings (SSSR count). The second kappa shape index (κ2) is 9.98. The zero-order valence-corrected chi connectivity index (χ0v) is 23.8. The molecule has 3 aliphatic rings. The molecule has 1 fully saturated rings. The lowest BCUT2D eigenvalue weighted by atomic mass is 10.0. The van der Waals surface area contributed by atoms with Crippen LogP contribution in [0.15, 0.2) is 47.6 Å². The molecule has 1 atom stereocenters. The zero-order valence-electron chi connectivity index (χ0n) is 22.2. The van der Waals surface area contributed by atoms with E-state index in [0.29, 0.717) is 52.6 Å². The van der Waals surface area contributed by atoms with Crippen molar-refractivity contribution >= 4 is 50.1 Å². The van der Waals surface area contributed by atoms with Gasteiger partial charge >= 0.3 is 6.09 Å². The number of benzene rings is 1. The molecule has 1 saturated carbocycles. The first-order valence-corrected chi connectivity index (χ1v) is 15.2. The predicted molar refractivity (Wildman–Crippen MR) is 151 cm³/mol. The van der Waals surface area contributed by atoms with Crippen LogP contribution in [0.3, 0.4) is 0 Å². The van der Waals surface area contributed by atoms with Gasteiger partial charge in [0.15, 0.2) is 5.13 Å². The van der Waals surface area contributed by atoms with Crippen molar-refractivity contribution in [3.63, 3.8) is 0 Å². The van der Waals surface area contributed by atoms with Crippen molar-refractivity contribution in [3.8, 4) is 10.4 Å². The van der Waals surface area contributed by atoms with Gasteiger partial charge in [0.05, 0.1) is 33.8 Å². The van der Waals surface area contributed by atoms with Gasteiger partial charge in [-0.05, 0) is 81.1 Å². The monoisotopic (exact) mass is 580 g/mol. The van der Waals surface area contributed by atoms with Gasteiger partial charge in [-0.3, -0.25) is 9.69 Å². The van der Waals surface area contributed by atoms with Gasteiger partial charge in [0.1, 0.15) is 11.6 Å². The highest BCUT2D eigenvalue weighted by atomic mass is 32.2. The second-order valence-corrected chi connectivity index (χ2v) is 12.9. The first kappa shape index (κ1) is 26.4. The number of ether oxygens (including phenoxy) is 1. The summed E-state index contributed by atoms with van der Waals surface area (Å²) in [6.45, 7) is 4.61. The number of pyridine rings is 1. The standard InChI is InChI=1S/C27H28N6O5S2/c1-15-24(39-26(29-15)31-21-6-4-7-22(30-21)32-10-5-11-38-27(32)35)18-12-19-14-33(16(2)17-8-9-17)25(34)23(19)20(13-18)40(36,37)28-3/h4-7,11-13,16-17,28H,8-10,14H2,1-3H3,(H,29,30,31)/t16-/m0/s1. The SMILES string of the molecule is CNS(=O)(=O)c1cc(-c2sc(Nc3cccc(N4CC=COC4=O)n3)nc2C)cc2c1C(=O)N([C@@H](C)C1CC1)C2. The molecule has 208 valence electrons. The molecule has 13 heteroatoms. The summed E-state index contributed by atoms with van der Waals surface area (Å²) in [5, 5.41) is 3.75. The van der Waals surface area contributed by atoms with E-state index in [2.05, 4.69) is 20.0 Å². The van der Waals surface area contributed by atoms with Crippen molar-refractivity contribution in [2.75, 3.05) is 23.8 Å². The number of thiazole rings is 1. The zero-order chi connectivity index (χ0) is 28.2. The summed E-state index contributed by atoms with van der Waals surface area (Å²) < 4.78 is 33.5. The second-order valence-electron chi connectivity index (χ2n) is 10.0. The largest absolute Gasteiger partial charge is 0.420 e. The Morgan fingerprint density at radius 2 is 1.98 bits per heavy atom. The maximum atomic E-state index is 13.4. The van der Waals surface area contributed by atoms with Gasteiger partial charge in [-0.2, -0.15) is 0 Å². The molecule has 0 bridgehead atoms. The van der Waals surface area contributed by atoms with Gasteiger partial charge in [-0.25, -0.2) is 27.9 Å². The molecule has 4 heterocycles. The van der Waals surface area contributed by atoms with Crippen LogP contribution in [0.5, 0.6) is 0 Å². The van der Waals surface area contributed by atoms with Gasteiger partial charge in [0.2, 0.25) is 10.0 Å². The summed E-state index contributed by atoms with van der Waals surface area (Å²) in [5.74, 6) is 1.15. The normalized spacial score (nSPS) is 17.7. The number of nitrogens with one attached hydrogen (secondary N) is 2. The molecule has 1 aliphatic carbocycles. The number of nitrogens with zero attached hydrogens (tertiary/aromatic N) is 4. The molecule has 0 unspecified atom stereocenters. The van der Waals surface area contributed by atoms with Crippen molar-refractivity contribution in [2.24, 2.45) is 5.92 Å². The van der Waals surface area contributed by atoms with Crippen molar-refractivity contribution in [1.29, 1.82) is 0 Å². The molecule has 0 saturated heterocycles. The fourth-order valence-electron chi connectivity index (χ4n) is 5.11. The van der Waals surface area contributed by atoms with Gasteiger partial charge in [0.25, 0.3) is 5.91 Å². The number of sulfonamides is 1. The molecule has 0 spiro atoms. The molecule has 2 amide bonds. The lowest BCUT2D eigenvalue weighted by Crippen LogP contribution is -2.35. The first-order chi connectivity index (χ1) is 19.2. The van der Waals surface area contributed by atoms with Crippen molar-refractivity contribution in [3.05, 3.63) is 59.5 Å². The Kier molecular flexibility index (Phi) is 6.59. The third-order valence-corrected chi connectivity index (χ3v) is 9.99. The Labute approximate surface area is 235 Å². The Hall–Kier alpha value is -3.81. The molecule has 2 aromatic heterocycles. The molecular weight excluding hydrogens is 552 g/mol. The Balaban J connectivity index is 1.33. The highest BCUT2D eigenvalue weighted by Gasteiger charge is 2.41. The smallest absolute Gasteiger partial charge is 0.418 e. The van der Waals surface area contributed by atoms with Gasteiger partial charge in [-0.15, -0.1) is 0 Å². The van der Waals surface area contributed by atoms with Crippen molar-refractivity contribution < 1.29 is 22.7 Å². The van der Waals surface area contributed by atoms with E-state index in [1.807, 2.05) is 19.9 Å². The fourth-order valence-corrected chi connectivity index (χ4v) is 7.05. The highest BCUT2D eigenvalue weighted by Crippen LogP contribution is 2.42. The molecule has 11 nitrogen and oxygen atoms in total. The van der Waals surface area contributed by atoms with Crippen molar-refractivity contribution in [1.82, 2.24) is 19.6 Å². The number of hydrogen-bond acceptors (Lipinski definition) is 9. The summed E-state index contributed by atoms with van der Waals surface area (Å²) >= 11 is 1.35. The molecule has 0 radical (unpaired) electrons. The third kappa shape index (κ3) is 4.73. The van der Waals surface area contributed by atoms with Crippen LogP contribution in [-0.4, -0.2) is 54.9 Å². The van der Waals surface area contributed by atoms with Crippen LogP contribution < -0.4 is 14.9 Å². The first-order valence-electron chi connectivity index (χ1n) is 12.9. The Morgan fingerprint density at radius 3 is 2.70 bits per heavy atom. The molecular formula is C27H28N6O5S2. The van der Waals surface area contributed by atoms with Crippen LogP contribution in [0.4, 0.5) is 21.6 Å². The lowest BCUT2D eigenvalue weighted by molar-refractivity contribution is 0.0694. The van der Waals surface area contributed by atoms with E-state index in [4.69, 9.17) is 4.74 Å². The number of amides is 2. The fraction of sp³-hybridized carbons (Fsp3) is 0.333. The minimum Gasteiger partial charge on any atom is -0.418 e. The van der Waals surface area contributed by atoms with E-state index in [1.54, 1.807) is 35.2 Å². The average molecular weight is 581 g/mol. The molecule has 1 aromatic carbocycles. The maximum Gasteiger partial charge on any atom is 0.420 e. The summed E-state index contributed by atoms with van der Waals surface area (Å²) in [7, 11) is -2.55. The topological polar surface area (TPSA) is 134 Å². The quantitative estimate of drug-likeness (QED) is 0.401. The Morgan fingerprint density at radius 1 is 1.18 bits per heavy atom. The number of aryl methyl sites for hydroxylation is 1. The van der Waals surface area contributed by atoms with Crippen LogP contribution in [0.2, 0.25) is 0 Å². The third-order valence-electron chi connectivity index (χ3n) is 7.43. The van der Waals surface area contributed by atoms with Gasteiger partial charge < -0.3 is 15.0 Å². The van der Waals surface area contributed by atoms with Gasteiger partial charge in [-0.1, -0.05) is 17.4 Å². The summed E-state index contributed by atoms with van der Waals surface area (Å²) in [5.41, 5.74) is 2.32. The van der Waals surface area contributed by atoms with E-state index in [1.165, 1.54) is 29.5 Å². The van der Waals surface area contributed by atoms with Crippen LogP contribution >= 0.6 is 11.3 Å². The van der Waals surface area contributed by atoms with E-state index >= 15 is 0 Å². The Bertz CT molecular complexity index is 1660. The van der Waals surface area contributed by atoms with E-state index in [0.717, 1.165) is 17.7 Å². The number of anilines is 3. The minimum atomic E-state index is -3.90. The van der Waals surface area contributed by atoms with Crippen LogP contribution in [-0.2, 0) is 21.3 Å². The molecule has 3 aromatic rings. The molecule has 2 aliphatic heterocycles. The number of rotatable bonds is 8. The van der Waals surface area contributed by atoms with Gasteiger partial charge in [0, 0.05) is 12.6 Å². The number of carbonyl (C=O) groups excluding carboxylic acids is 2. The van der Waals surface area contributed by atoms with Crippen LogP contribution in [0, 0.1) is 12.8 Å². The maximum absolute atomic E-state index is 13.4. The van der Waals surface area contributed by atoms with E-state index in [9.17, 15) is 18.0 Å². The number of aromatic nitrogens is 2. The number of cyclic esters (lactones) is 1. The van der Waals surface area contributed by atoms with Crippen LogP contribution in [0.25, 0.3) is 10.4 Å². The highest BCUT2D eigenvalue weighted by molar-refractivity contribution is 7.89. The van der Waals surface area contributed by atoms with E-state index < -0.39 is 16.1 Å². The van der Waals surface area contributed by atoms with Crippen LogP contribution in [0.1, 0.15) is 41.4 Å². The van der Waals surface area contributed by atoms with Crippen molar-refractivity contribution in [2.45, 2.75) is 44.2 Å². The number of fused-ring (bicyclic) bond motifs is 1. The number of carbonyl (C=O) groups is 2. The average Bonchev–Trinajstić information content (AvgIpc) is 3.66. The summed E-state index contributed by atoms with van der Waals surface area (Å²) in [6.07, 6.45) is 4.74. The lowest BCUT2D eigenvalue weighted by Gasteiger charge is -2.24. The number of hydrogen-bond donors (Lipinski definition) is 2. The molecule has 2 N–H and O–H groups in total. The molecule has 40 heavy (non-hydrogen) atoms. The minimum absolute atomic E-state index is 0.0165. The van der Waals surface area contributed by atoms with E-state index in [-0.39, 0.29) is 22.4 Å². The summed E-state index contributed by atoms with van der Waals surface area (Å²) in [6, 6.07) is 8.78. The predicted octanol–water partition coefficient (Wildman–Crippen LogP) is 4.39. The summed E-state index contributed by atoms with van der Waals surface area (Å²) in [4.78, 5) is 38.6.